The fourth-order valence-electron chi connectivity index (χ4n) is 13.0. The average Bonchev–Trinajstić information content (AvgIpc) is 1.81. The van der Waals surface area contributed by atoms with Gasteiger partial charge in [-0.1, -0.05) is 139 Å². The molecule has 0 amide bonds. The molecule has 15 nitrogen and oxygen atoms in total. The summed E-state index contributed by atoms with van der Waals surface area (Å²) in [6.07, 6.45) is 10.4. The van der Waals surface area contributed by atoms with Gasteiger partial charge in [0.25, 0.3) is 0 Å². The summed E-state index contributed by atoms with van der Waals surface area (Å²) in [5.74, 6) is 0.0983. The summed E-state index contributed by atoms with van der Waals surface area (Å²) in [5.41, 5.74) is 15.1. The van der Waals surface area contributed by atoms with Crippen LogP contribution in [0.25, 0.3) is 44.9 Å². The van der Waals surface area contributed by atoms with Crippen molar-refractivity contribution in [3.8, 4) is 45.1 Å². The normalized spacial score (nSPS) is 17.4. The number of piperazine rings is 2. The second-order valence-corrected chi connectivity index (χ2v) is 27.8. The Morgan fingerprint density at radius 3 is 1.55 bits per heavy atom. The molecule has 2 saturated carbocycles. The number of imidazole rings is 2. The highest BCUT2D eigenvalue weighted by atomic mass is 35.5. The fraction of sp³-hybridized carbons (Fsp3) is 0.486. The third-order valence-corrected chi connectivity index (χ3v) is 21.8. The van der Waals surface area contributed by atoms with E-state index in [4.69, 9.17) is 17.3 Å². The maximum absolute atomic E-state index is 12.6. The van der Waals surface area contributed by atoms with E-state index in [9.17, 15) is 26.3 Å². The Morgan fingerprint density at radius 2 is 1.05 bits per heavy atom. The molecule has 4 aromatic heterocycles. The molecule has 2 atom stereocenters. The summed E-state index contributed by atoms with van der Waals surface area (Å²) in [4.78, 5) is 20.4. The Hall–Kier alpha value is -6.58. The van der Waals surface area contributed by atoms with Gasteiger partial charge >= 0.3 is 12.7 Å². The van der Waals surface area contributed by atoms with Crippen LogP contribution in [-0.4, -0.2) is 179 Å². The first-order valence-electron chi connectivity index (χ1n) is 32.8. The fourth-order valence-corrected chi connectivity index (χ4v) is 17.1. The first-order chi connectivity index (χ1) is 44.8. The van der Waals surface area contributed by atoms with E-state index in [0.717, 1.165) is 57.0 Å². The van der Waals surface area contributed by atoms with E-state index in [-0.39, 0.29) is 24.6 Å². The van der Waals surface area contributed by atoms with Gasteiger partial charge in [-0.05, 0) is 129 Å². The third-order valence-electron chi connectivity index (χ3n) is 18.1. The number of halogens is 7. The first-order valence-corrected chi connectivity index (χ1v) is 34.6. The summed E-state index contributed by atoms with van der Waals surface area (Å²) >= 11 is 5.82. The van der Waals surface area contributed by atoms with Gasteiger partial charge in [-0.2, -0.15) is 5.10 Å². The topological polar surface area (TPSA) is 133 Å². The van der Waals surface area contributed by atoms with Crippen LogP contribution < -0.4 is 30.7 Å². The average molecular weight is 1330 g/mol. The number of nitrogens with zero attached hydrogens (tertiary/aromatic N) is 11. The molecule has 4 aromatic carbocycles. The molecule has 6 heterocycles. The minimum absolute atomic E-state index is 0.0867. The Labute approximate surface area is 550 Å². The maximum Gasteiger partial charge on any atom is 0.573 e. The predicted molar refractivity (Wildman–Crippen MR) is 366 cm³/mol. The van der Waals surface area contributed by atoms with Crippen molar-refractivity contribution in [2.45, 2.75) is 127 Å². The summed E-state index contributed by atoms with van der Waals surface area (Å²) in [6.45, 7) is 15.0. The number of benzene rings is 4. The molecular formula is C70H91ClF6N13O2P. The van der Waals surface area contributed by atoms with Crippen LogP contribution in [0.1, 0.15) is 90.9 Å². The summed E-state index contributed by atoms with van der Waals surface area (Å²) in [5, 5.41) is 14.1. The van der Waals surface area contributed by atoms with E-state index in [2.05, 4.69) is 150 Å². The van der Waals surface area contributed by atoms with Gasteiger partial charge in [0.15, 0.2) is 11.3 Å². The van der Waals surface area contributed by atoms with Crippen LogP contribution in [-0.2, 0) is 0 Å². The van der Waals surface area contributed by atoms with Gasteiger partial charge in [-0.25, -0.2) is 19.0 Å². The highest BCUT2D eigenvalue weighted by Crippen LogP contribution is 2.56. The summed E-state index contributed by atoms with van der Waals surface area (Å²) in [6, 6.07) is 37.8. The van der Waals surface area contributed by atoms with Crippen molar-refractivity contribution in [1.82, 2.24) is 48.8 Å². The molecule has 2 saturated heterocycles. The van der Waals surface area contributed by atoms with E-state index in [1.807, 2.05) is 12.1 Å². The molecule has 0 radical (unpaired) electrons. The summed E-state index contributed by atoms with van der Waals surface area (Å²) < 4.78 is 85.6. The zero-order chi connectivity index (χ0) is 66.1. The number of nitrogens with one attached hydrogen (secondary N) is 1. The molecule has 12 rings (SSSR count). The van der Waals surface area contributed by atoms with E-state index in [1.165, 1.54) is 161 Å². The van der Waals surface area contributed by atoms with E-state index in [0.29, 0.717) is 51.7 Å². The first kappa shape index (κ1) is 70.7. The molecule has 502 valence electrons. The molecule has 0 bridgehead atoms. The Morgan fingerprint density at radius 1 is 0.581 bits per heavy atom. The number of rotatable bonds is 17. The van der Waals surface area contributed by atoms with E-state index in [1.54, 1.807) is 40.3 Å². The van der Waals surface area contributed by atoms with E-state index >= 15 is 0 Å². The van der Waals surface area contributed by atoms with Crippen LogP contribution in [0.3, 0.4) is 0 Å². The quantitative estimate of drug-likeness (QED) is 0.0663. The van der Waals surface area contributed by atoms with Crippen molar-refractivity contribution in [1.29, 1.82) is 0 Å². The number of aromatic nitrogens is 6. The number of fused-ring (bicyclic) bond motifs is 2. The van der Waals surface area contributed by atoms with Gasteiger partial charge in [-0.15, -0.1) is 31.4 Å². The second kappa shape index (κ2) is 33.7. The molecule has 8 aromatic rings. The lowest BCUT2D eigenvalue weighted by molar-refractivity contribution is -0.275. The number of hydrogen-bond donors (Lipinski definition) is 2. The van der Waals surface area contributed by atoms with Gasteiger partial charge in [0, 0.05) is 114 Å². The summed E-state index contributed by atoms with van der Waals surface area (Å²) in [7, 11) is 8.58. The van der Waals surface area contributed by atoms with Crippen molar-refractivity contribution in [2.24, 2.45) is 5.73 Å². The van der Waals surface area contributed by atoms with Gasteiger partial charge in [0.2, 0.25) is 0 Å². The standard InChI is InChI=1S/C26H36NP.C22H27F3N6O.C13H7ClF3N3O.C9H21N3/c1-27(2)25-19-11-9-17-23(25)24-18-10-12-20-26(24)28(21-13-5-3-6-14-21)22-15-7-4-8-16-22;1-3-17(30-11-9-29(2)10-12-30)14-26-20-7-8-21-27-15-19(31(21)28-20)16-5-4-6-18(13-16)32-22(23,24)25;14-11-4-5-12-18-7-10(20(12)19-11)8-2-1-3-9(6-8)21-13(15,16)17;1-3-9(8-10)12-6-4-11(2)5-7-12/h9-12,17-22H,3-8,13-16H2,1-2H3;4-8,13,15,17H,3,9-12,14H2,1-2H3,(H,26,28);1-7H;9H,3-8,10H2,1-2H3. The molecular weight excluding hydrogens is 1240 g/mol. The zero-order valence-corrected chi connectivity index (χ0v) is 56.1. The third kappa shape index (κ3) is 20.0. The molecule has 4 aliphatic rings. The number of likely N-dealkylation sites (N-methyl/N-ethyl adjacent to an activating group) is 2. The van der Waals surface area contributed by atoms with Crippen LogP contribution in [0.5, 0.6) is 11.5 Å². The lowest BCUT2D eigenvalue weighted by Crippen LogP contribution is -2.51. The predicted octanol–water partition coefficient (Wildman–Crippen LogP) is 14.8. The Bertz CT molecular complexity index is 3560. The minimum Gasteiger partial charge on any atom is -0.406 e. The molecule has 2 unspecified atom stereocenters. The SMILES string of the molecule is CCC(CN)N1CCN(C)CC1.CCC(CNc1ccc2ncc(-c3cccc(OC(F)(F)F)c3)n2n1)N1CCN(C)CC1.CN(C)c1ccccc1-c1ccccc1P(C1CCCCC1)C1CCCCC1.FC(F)(F)Oc1cccc(-c2cnc3ccc(Cl)nn23)c1. The largest absolute Gasteiger partial charge is 0.573 e. The number of anilines is 2. The molecule has 2 aliphatic carbocycles. The highest BCUT2D eigenvalue weighted by molar-refractivity contribution is 7.67. The number of ether oxygens (including phenoxy) is 2. The van der Waals surface area contributed by atoms with Gasteiger partial charge in [0.05, 0.1) is 23.8 Å². The van der Waals surface area contributed by atoms with Crippen LogP contribution >= 0.6 is 19.5 Å². The molecule has 93 heavy (non-hydrogen) atoms. The van der Waals surface area contributed by atoms with Crippen LogP contribution in [0.2, 0.25) is 5.15 Å². The van der Waals surface area contributed by atoms with Gasteiger partial charge in [0.1, 0.15) is 22.5 Å². The zero-order valence-electron chi connectivity index (χ0n) is 54.5. The molecule has 4 fully saturated rings. The van der Waals surface area contributed by atoms with Gasteiger partial charge < -0.3 is 35.2 Å². The molecule has 0 spiro atoms. The number of alkyl halides is 6. The monoisotopic (exact) mass is 1330 g/mol. The van der Waals surface area contributed by atoms with Crippen molar-refractivity contribution in [3.63, 3.8) is 0 Å². The van der Waals surface area contributed by atoms with Crippen molar-refractivity contribution in [3.05, 3.63) is 139 Å². The van der Waals surface area contributed by atoms with Gasteiger partial charge in [-0.3, -0.25) is 9.80 Å². The number of nitrogens with two attached hydrogens (primary N) is 1. The van der Waals surface area contributed by atoms with Crippen molar-refractivity contribution in [2.75, 3.05) is 104 Å². The molecule has 23 heteroatoms. The Balaban J connectivity index is 0.000000153. The van der Waals surface area contributed by atoms with Crippen LogP contribution in [0, 0.1) is 0 Å². The minimum atomic E-state index is -4.74. The van der Waals surface area contributed by atoms with Crippen LogP contribution in [0.4, 0.5) is 37.8 Å². The highest BCUT2D eigenvalue weighted by Gasteiger charge is 2.35. The maximum atomic E-state index is 12.6. The van der Waals surface area contributed by atoms with Crippen molar-refractivity contribution < 1.29 is 35.8 Å². The number of para-hydroxylation sites is 1. The Kier molecular flexibility index (Phi) is 25.6. The van der Waals surface area contributed by atoms with Crippen molar-refractivity contribution >= 4 is 47.6 Å². The second-order valence-electron chi connectivity index (χ2n) is 24.7. The lowest BCUT2D eigenvalue weighted by Gasteiger charge is -2.39. The van der Waals surface area contributed by atoms with Crippen LogP contribution in [0.15, 0.2) is 134 Å². The smallest absolute Gasteiger partial charge is 0.406 e. The number of hydrogen-bond acceptors (Lipinski definition) is 13. The molecule has 3 N–H and O–H groups in total. The lowest BCUT2D eigenvalue weighted by atomic mass is 9.99. The van der Waals surface area contributed by atoms with E-state index < -0.39 is 12.7 Å². The molecule has 2 aliphatic heterocycles.